The molecule has 5 heteroatoms. The van der Waals surface area contributed by atoms with Gasteiger partial charge in [-0.15, -0.1) is 0 Å². The summed E-state index contributed by atoms with van der Waals surface area (Å²) in [6.07, 6.45) is 2.91. The van der Waals surface area contributed by atoms with E-state index in [1.165, 1.54) is 0 Å². The van der Waals surface area contributed by atoms with Crippen molar-refractivity contribution in [3.63, 3.8) is 0 Å². The summed E-state index contributed by atoms with van der Waals surface area (Å²) >= 11 is 6.08. The van der Waals surface area contributed by atoms with Crippen LogP contribution in [0.3, 0.4) is 0 Å². The zero-order valence-electron chi connectivity index (χ0n) is 10.6. The standard InChI is InChI=1S/C14H16ClNO3/c1-9(19-8-18)12-7-16-13-6-11(15)5-10(14(12)13)3-2-4-17/h5-9,16-17H,2-4H2,1H3. The molecule has 0 aliphatic carbocycles. The van der Waals surface area contributed by atoms with Gasteiger partial charge >= 0.3 is 0 Å². The molecule has 0 aliphatic heterocycles. The summed E-state index contributed by atoms with van der Waals surface area (Å²) in [6.45, 7) is 2.41. The van der Waals surface area contributed by atoms with E-state index in [1.807, 2.05) is 25.3 Å². The highest BCUT2D eigenvalue weighted by atomic mass is 35.5. The molecule has 2 N–H and O–H groups in total. The molecule has 1 aromatic heterocycles. The molecule has 102 valence electrons. The molecule has 0 aliphatic rings. The first-order valence-electron chi connectivity index (χ1n) is 6.16. The zero-order valence-corrected chi connectivity index (χ0v) is 11.4. The summed E-state index contributed by atoms with van der Waals surface area (Å²) < 4.78 is 5.00. The van der Waals surface area contributed by atoms with Crippen LogP contribution in [0.25, 0.3) is 10.9 Å². The second kappa shape index (κ2) is 6.08. The van der Waals surface area contributed by atoms with Gasteiger partial charge in [0.1, 0.15) is 6.10 Å². The van der Waals surface area contributed by atoms with Crippen LogP contribution >= 0.6 is 11.6 Å². The van der Waals surface area contributed by atoms with Crippen molar-refractivity contribution in [1.29, 1.82) is 0 Å². The predicted octanol–water partition coefficient (Wildman–Crippen LogP) is 2.98. The SMILES string of the molecule is CC(OC=O)c1c[nH]c2cc(Cl)cc(CCCO)c12. The van der Waals surface area contributed by atoms with Crippen LogP contribution in [0.2, 0.25) is 5.02 Å². The highest BCUT2D eigenvalue weighted by molar-refractivity contribution is 6.31. The molecule has 2 aromatic rings. The van der Waals surface area contributed by atoms with Crippen LogP contribution in [0.5, 0.6) is 0 Å². The quantitative estimate of drug-likeness (QED) is 0.800. The number of aryl methyl sites for hydroxylation is 1. The van der Waals surface area contributed by atoms with E-state index in [4.69, 9.17) is 21.4 Å². The van der Waals surface area contributed by atoms with Crippen LogP contribution in [0.15, 0.2) is 18.3 Å². The average Bonchev–Trinajstić information content (AvgIpc) is 2.79. The monoisotopic (exact) mass is 281 g/mol. The van der Waals surface area contributed by atoms with E-state index in [-0.39, 0.29) is 12.7 Å². The smallest absolute Gasteiger partial charge is 0.293 e. The maximum absolute atomic E-state index is 10.5. The lowest BCUT2D eigenvalue weighted by Gasteiger charge is -2.11. The highest BCUT2D eigenvalue weighted by Gasteiger charge is 2.15. The Kier molecular flexibility index (Phi) is 4.45. The van der Waals surface area contributed by atoms with Crippen LogP contribution in [-0.4, -0.2) is 23.2 Å². The largest absolute Gasteiger partial charge is 0.460 e. The zero-order chi connectivity index (χ0) is 13.8. The molecule has 1 unspecified atom stereocenters. The van der Waals surface area contributed by atoms with E-state index in [1.54, 1.807) is 0 Å². The van der Waals surface area contributed by atoms with Crippen molar-refractivity contribution in [2.24, 2.45) is 0 Å². The van der Waals surface area contributed by atoms with E-state index in [2.05, 4.69) is 4.98 Å². The number of fused-ring (bicyclic) bond motifs is 1. The van der Waals surface area contributed by atoms with Gasteiger partial charge in [-0.1, -0.05) is 11.6 Å². The maximum atomic E-state index is 10.5. The van der Waals surface area contributed by atoms with Crippen molar-refractivity contribution >= 4 is 29.0 Å². The van der Waals surface area contributed by atoms with Gasteiger partial charge < -0.3 is 14.8 Å². The Morgan fingerprint density at radius 1 is 1.53 bits per heavy atom. The topological polar surface area (TPSA) is 62.3 Å². The fourth-order valence-corrected chi connectivity index (χ4v) is 2.53. The predicted molar refractivity (Wildman–Crippen MR) is 74.3 cm³/mol. The molecule has 0 amide bonds. The number of halogens is 1. The van der Waals surface area contributed by atoms with Crippen molar-refractivity contribution in [3.8, 4) is 0 Å². The molecule has 0 saturated heterocycles. The minimum absolute atomic E-state index is 0.133. The second-order valence-corrected chi connectivity index (χ2v) is 4.87. The van der Waals surface area contributed by atoms with Gasteiger partial charge in [0, 0.05) is 34.3 Å². The molecule has 0 spiro atoms. The third-order valence-electron chi connectivity index (χ3n) is 3.16. The number of aromatic amines is 1. The number of aliphatic hydroxyl groups is 1. The Bertz CT molecular complexity index is 579. The van der Waals surface area contributed by atoms with E-state index >= 15 is 0 Å². The van der Waals surface area contributed by atoms with Gasteiger partial charge in [0.25, 0.3) is 6.47 Å². The van der Waals surface area contributed by atoms with Gasteiger partial charge in [0.05, 0.1) is 0 Å². The lowest BCUT2D eigenvalue weighted by Crippen LogP contribution is -1.99. The summed E-state index contributed by atoms with van der Waals surface area (Å²) in [7, 11) is 0. The van der Waals surface area contributed by atoms with Crippen LogP contribution in [0.1, 0.15) is 30.6 Å². The minimum atomic E-state index is -0.319. The van der Waals surface area contributed by atoms with Gasteiger partial charge in [-0.2, -0.15) is 0 Å². The van der Waals surface area contributed by atoms with Crippen LogP contribution in [0.4, 0.5) is 0 Å². The minimum Gasteiger partial charge on any atom is -0.460 e. The second-order valence-electron chi connectivity index (χ2n) is 4.43. The van der Waals surface area contributed by atoms with Gasteiger partial charge in [0.2, 0.25) is 0 Å². The Labute approximate surface area is 116 Å². The summed E-state index contributed by atoms with van der Waals surface area (Å²) in [6, 6.07) is 3.74. The van der Waals surface area contributed by atoms with E-state index in [0.29, 0.717) is 17.9 Å². The molecule has 1 heterocycles. The van der Waals surface area contributed by atoms with Crippen LogP contribution in [-0.2, 0) is 16.0 Å². The van der Waals surface area contributed by atoms with Gasteiger partial charge in [-0.3, -0.25) is 4.79 Å². The first kappa shape index (κ1) is 13.9. The molecular weight excluding hydrogens is 266 g/mol. The Morgan fingerprint density at radius 2 is 2.32 bits per heavy atom. The molecule has 2 rings (SSSR count). The lowest BCUT2D eigenvalue weighted by molar-refractivity contribution is -0.133. The number of hydrogen-bond donors (Lipinski definition) is 2. The molecule has 1 aromatic carbocycles. The third kappa shape index (κ3) is 2.91. The number of aromatic nitrogens is 1. The number of carbonyl (C=O) groups is 1. The van der Waals surface area contributed by atoms with E-state index < -0.39 is 0 Å². The molecule has 0 radical (unpaired) electrons. The average molecular weight is 282 g/mol. The number of nitrogens with one attached hydrogen (secondary N) is 1. The number of hydrogen-bond acceptors (Lipinski definition) is 3. The van der Waals surface area contributed by atoms with Crippen molar-refractivity contribution in [3.05, 3.63) is 34.5 Å². The number of rotatable bonds is 6. The number of benzene rings is 1. The normalized spacial score (nSPS) is 12.6. The van der Waals surface area contributed by atoms with Crippen molar-refractivity contribution in [2.75, 3.05) is 6.61 Å². The summed E-state index contributed by atoms with van der Waals surface area (Å²) in [5.74, 6) is 0. The Hall–Kier alpha value is -1.52. The van der Waals surface area contributed by atoms with Gasteiger partial charge in [-0.25, -0.2) is 0 Å². The number of aliphatic hydroxyl groups excluding tert-OH is 1. The first-order valence-corrected chi connectivity index (χ1v) is 6.54. The number of ether oxygens (including phenoxy) is 1. The lowest BCUT2D eigenvalue weighted by atomic mass is 10.00. The van der Waals surface area contributed by atoms with Gasteiger partial charge in [-0.05, 0) is 37.5 Å². The molecule has 19 heavy (non-hydrogen) atoms. The summed E-state index contributed by atoms with van der Waals surface area (Å²) in [5, 5.41) is 10.6. The van der Waals surface area contributed by atoms with Crippen molar-refractivity contribution in [1.82, 2.24) is 4.98 Å². The number of H-pyrrole nitrogens is 1. The Balaban J connectivity index is 2.51. The third-order valence-corrected chi connectivity index (χ3v) is 3.38. The van der Waals surface area contributed by atoms with Crippen molar-refractivity contribution < 1.29 is 14.6 Å². The van der Waals surface area contributed by atoms with Crippen molar-refractivity contribution in [2.45, 2.75) is 25.9 Å². The van der Waals surface area contributed by atoms with Crippen LogP contribution in [0, 0.1) is 0 Å². The maximum Gasteiger partial charge on any atom is 0.293 e. The van der Waals surface area contributed by atoms with E-state index in [9.17, 15) is 4.79 Å². The molecule has 0 bridgehead atoms. The summed E-state index contributed by atoms with van der Waals surface area (Å²) in [5.41, 5.74) is 2.89. The Morgan fingerprint density at radius 3 is 3.00 bits per heavy atom. The van der Waals surface area contributed by atoms with Gasteiger partial charge in [0.15, 0.2) is 0 Å². The number of carbonyl (C=O) groups excluding carboxylic acids is 1. The molecule has 0 saturated carbocycles. The summed E-state index contributed by atoms with van der Waals surface area (Å²) in [4.78, 5) is 13.6. The molecule has 1 atom stereocenters. The van der Waals surface area contributed by atoms with E-state index in [0.717, 1.165) is 28.5 Å². The molecular formula is C14H16ClNO3. The highest BCUT2D eigenvalue weighted by Crippen LogP contribution is 2.32. The fraction of sp³-hybridized carbons (Fsp3) is 0.357. The van der Waals surface area contributed by atoms with Crippen LogP contribution < -0.4 is 0 Å². The molecule has 4 nitrogen and oxygen atoms in total. The first-order chi connectivity index (χ1) is 9.17. The fourth-order valence-electron chi connectivity index (χ4n) is 2.29. The molecule has 0 fully saturated rings.